The van der Waals surface area contributed by atoms with Crippen molar-refractivity contribution in [3.8, 4) is 5.75 Å². The van der Waals surface area contributed by atoms with Gasteiger partial charge in [0.25, 0.3) is 5.91 Å². The van der Waals surface area contributed by atoms with Gasteiger partial charge in [-0.2, -0.15) is 4.57 Å². The minimum absolute atomic E-state index is 0.0173. The van der Waals surface area contributed by atoms with Crippen LogP contribution in [0.4, 0.5) is 0 Å². The van der Waals surface area contributed by atoms with E-state index in [0.717, 1.165) is 0 Å². The highest BCUT2D eigenvalue weighted by atomic mass is 32.2. The zero-order valence-electron chi connectivity index (χ0n) is 9.74. The van der Waals surface area contributed by atoms with Crippen molar-refractivity contribution in [2.75, 3.05) is 11.5 Å². The second kappa shape index (κ2) is 4.93. The first-order valence-corrected chi connectivity index (χ1v) is 7.45. The van der Waals surface area contributed by atoms with Gasteiger partial charge in [0.2, 0.25) is 12.7 Å². The SMILES string of the molecule is O=C(C[n+]1cccc(O)c1)N[C@H]1CCS(=O)(=O)C1. The van der Waals surface area contributed by atoms with Crippen LogP contribution in [0.25, 0.3) is 0 Å². The monoisotopic (exact) mass is 271 g/mol. The summed E-state index contributed by atoms with van der Waals surface area (Å²) < 4.78 is 24.0. The van der Waals surface area contributed by atoms with Crippen LogP contribution in [0.15, 0.2) is 24.5 Å². The summed E-state index contributed by atoms with van der Waals surface area (Å²) in [6.45, 7) is 0.0605. The second-order valence-electron chi connectivity index (χ2n) is 4.40. The minimum Gasteiger partial charge on any atom is -0.503 e. The number of amides is 1. The number of nitrogens with one attached hydrogen (secondary N) is 1. The average Bonchev–Trinajstić information content (AvgIpc) is 2.57. The van der Waals surface area contributed by atoms with E-state index in [9.17, 15) is 18.3 Å². The van der Waals surface area contributed by atoms with Gasteiger partial charge in [-0.25, -0.2) is 8.42 Å². The predicted molar refractivity (Wildman–Crippen MR) is 63.5 cm³/mol. The number of pyridine rings is 1. The molecule has 1 atom stereocenters. The molecule has 6 nitrogen and oxygen atoms in total. The van der Waals surface area contributed by atoms with E-state index in [1.807, 2.05) is 0 Å². The lowest BCUT2D eigenvalue weighted by molar-refractivity contribution is -0.684. The summed E-state index contributed by atoms with van der Waals surface area (Å²) in [6.07, 6.45) is 3.56. The number of aromatic hydroxyl groups is 1. The smallest absolute Gasteiger partial charge is 0.286 e. The molecule has 1 aromatic rings. The van der Waals surface area contributed by atoms with Gasteiger partial charge < -0.3 is 10.4 Å². The number of nitrogens with zero attached hydrogens (tertiary/aromatic N) is 1. The van der Waals surface area contributed by atoms with Crippen LogP contribution in [-0.4, -0.2) is 37.0 Å². The molecule has 1 saturated heterocycles. The van der Waals surface area contributed by atoms with Gasteiger partial charge in [0.1, 0.15) is 0 Å². The Balaban J connectivity index is 1.90. The fraction of sp³-hybridized carbons (Fsp3) is 0.455. The summed E-state index contributed by atoms with van der Waals surface area (Å²) in [4.78, 5) is 11.7. The normalized spacial score (nSPS) is 21.7. The third kappa shape index (κ3) is 3.43. The van der Waals surface area contributed by atoms with Gasteiger partial charge >= 0.3 is 0 Å². The van der Waals surface area contributed by atoms with E-state index in [2.05, 4.69) is 5.32 Å². The third-order valence-electron chi connectivity index (χ3n) is 2.77. The number of aromatic nitrogens is 1. The molecular weight excluding hydrogens is 256 g/mol. The average molecular weight is 271 g/mol. The molecule has 18 heavy (non-hydrogen) atoms. The minimum atomic E-state index is -2.98. The number of rotatable bonds is 3. The van der Waals surface area contributed by atoms with Gasteiger partial charge in [-0.1, -0.05) is 0 Å². The van der Waals surface area contributed by atoms with Gasteiger partial charge in [-0.15, -0.1) is 0 Å². The molecule has 2 N–H and O–H groups in total. The molecule has 2 rings (SSSR count). The quantitative estimate of drug-likeness (QED) is 0.689. The fourth-order valence-corrected chi connectivity index (χ4v) is 3.63. The molecule has 2 heterocycles. The van der Waals surface area contributed by atoms with Crippen molar-refractivity contribution >= 4 is 15.7 Å². The Morgan fingerprint density at radius 3 is 2.94 bits per heavy atom. The highest BCUT2D eigenvalue weighted by molar-refractivity contribution is 7.91. The fourth-order valence-electron chi connectivity index (χ4n) is 1.95. The van der Waals surface area contributed by atoms with Crippen LogP contribution in [0.1, 0.15) is 6.42 Å². The summed E-state index contributed by atoms with van der Waals surface area (Å²) >= 11 is 0. The van der Waals surface area contributed by atoms with E-state index < -0.39 is 9.84 Å². The standard InChI is InChI=1S/C11H14N2O4S/c14-10-2-1-4-13(6-10)7-11(15)12-9-3-5-18(16,17)8-9/h1-2,4,6,9H,3,5,7-8H2,(H-,12,14,15)/p+1/t9-/m0/s1. The Morgan fingerprint density at radius 2 is 2.33 bits per heavy atom. The van der Waals surface area contributed by atoms with Gasteiger partial charge in [-0.3, -0.25) is 4.79 Å². The zero-order chi connectivity index (χ0) is 13.2. The molecule has 1 fully saturated rings. The molecule has 0 bridgehead atoms. The lowest BCUT2D eigenvalue weighted by Crippen LogP contribution is -2.45. The van der Waals surface area contributed by atoms with Crippen LogP contribution in [0, 0.1) is 0 Å². The van der Waals surface area contributed by atoms with Crippen molar-refractivity contribution in [2.24, 2.45) is 0 Å². The van der Waals surface area contributed by atoms with Crippen LogP contribution in [0.2, 0.25) is 0 Å². The Morgan fingerprint density at radius 1 is 1.56 bits per heavy atom. The Bertz CT molecular complexity index is 556. The molecule has 0 aliphatic carbocycles. The molecule has 1 aromatic heterocycles. The van der Waals surface area contributed by atoms with E-state index in [1.165, 1.54) is 16.8 Å². The van der Waals surface area contributed by atoms with Crippen LogP contribution in [0.3, 0.4) is 0 Å². The largest absolute Gasteiger partial charge is 0.503 e. The van der Waals surface area contributed by atoms with Crippen molar-refractivity contribution in [2.45, 2.75) is 19.0 Å². The Labute approximate surface area is 105 Å². The molecule has 0 radical (unpaired) electrons. The number of carbonyl (C=O) groups is 1. The van der Waals surface area contributed by atoms with E-state index in [4.69, 9.17) is 0 Å². The Hall–Kier alpha value is -1.63. The lowest BCUT2D eigenvalue weighted by atomic mass is 10.2. The molecule has 0 saturated carbocycles. The number of sulfone groups is 1. The van der Waals surface area contributed by atoms with Gasteiger partial charge in [0.05, 0.1) is 11.5 Å². The van der Waals surface area contributed by atoms with Crippen molar-refractivity contribution in [3.63, 3.8) is 0 Å². The van der Waals surface area contributed by atoms with Crippen molar-refractivity contribution in [1.29, 1.82) is 0 Å². The second-order valence-corrected chi connectivity index (χ2v) is 6.63. The van der Waals surface area contributed by atoms with Gasteiger partial charge in [0.15, 0.2) is 21.8 Å². The molecule has 1 amide bonds. The van der Waals surface area contributed by atoms with E-state index in [-0.39, 0.29) is 35.7 Å². The molecule has 1 aliphatic rings. The van der Waals surface area contributed by atoms with Gasteiger partial charge in [-0.05, 0) is 12.5 Å². The molecule has 1 aliphatic heterocycles. The van der Waals surface area contributed by atoms with Crippen molar-refractivity contribution < 1.29 is 22.9 Å². The summed E-state index contributed by atoms with van der Waals surface area (Å²) in [5.74, 6) is -0.0258. The molecule has 0 spiro atoms. The highest BCUT2D eigenvalue weighted by Crippen LogP contribution is 2.10. The van der Waals surface area contributed by atoms with E-state index in [1.54, 1.807) is 12.3 Å². The Kier molecular flexibility index (Phi) is 3.51. The van der Waals surface area contributed by atoms with Crippen LogP contribution >= 0.6 is 0 Å². The number of hydrogen-bond donors (Lipinski definition) is 2. The van der Waals surface area contributed by atoms with Crippen LogP contribution in [-0.2, 0) is 21.2 Å². The maximum atomic E-state index is 11.7. The first kappa shape index (κ1) is 12.8. The van der Waals surface area contributed by atoms with E-state index >= 15 is 0 Å². The first-order valence-electron chi connectivity index (χ1n) is 5.62. The zero-order valence-corrected chi connectivity index (χ0v) is 10.6. The van der Waals surface area contributed by atoms with E-state index in [0.29, 0.717) is 6.42 Å². The van der Waals surface area contributed by atoms with Crippen molar-refractivity contribution in [3.05, 3.63) is 24.5 Å². The summed E-state index contributed by atoms with van der Waals surface area (Å²) in [6, 6.07) is 2.85. The molecule has 98 valence electrons. The number of hydrogen-bond acceptors (Lipinski definition) is 4. The third-order valence-corrected chi connectivity index (χ3v) is 4.53. The van der Waals surface area contributed by atoms with Gasteiger partial charge in [0, 0.05) is 12.1 Å². The summed E-state index contributed by atoms with van der Waals surface area (Å²) in [5.41, 5.74) is 0. The highest BCUT2D eigenvalue weighted by Gasteiger charge is 2.29. The number of carbonyl (C=O) groups excluding carboxylic acids is 1. The maximum Gasteiger partial charge on any atom is 0.286 e. The molecule has 0 unspecified atom stereocenters. The molecule has 0 aromatic carbocycles. The summed E-state index contributed by atoms with van der Waals surface area (Å²) in [7, 11) is -2.98. The molecule has 7 heteroatoms. The van der Waals surface area contributed by atoms with Crippen LogP contribution < -0.4 is 9.88 Å². The lowest BCUT2D eigenvalue weighted by Gasteiger charge is -2.08. The molecular formula is C11H15N2O4S+. The van der Waals surface area contributed by atoms with Crippen LogP contribution in [0.5, 0.6) is 5.75 Å². The maximum absolute atomic E-state index is 11.7. The predicted octanol–water partition coefficient (Wildman–Crippen LogP) is -1.02. The first-order chi connectivity index (χ1) is 8.44. The summed E-state index contributed by atoms with van der Waals surface area (Å²) in [5, 5.41) is 11.9. The van der Waals surface area contributed by atoms with Crippen molar-refractivity contribution in [1.82, 2.24) is 5.32 Å². The topological polar surface area (TPSA) is 87.3 Å².